The number of nitrogens with zero attached hydrogens (tertiary/aromatic N) is 2. The van der Waals surface area contributed by atoms with Crippen LogP contribution >= 0.6 is 22.9 Å². The molecule has 4 nitrogen and oxygen atoms in total. The Kier molecular flexibility index (Phi) is 3.77. The molecule has 0 radical (unpaired) electrons. The molecule has 106 valence electrons. The molecule has 6 heteroatoms. The maximum absolute atomic E-state index is 8.88. The van der Waals surface area contributed by atoms with E-state index < -0.39 is 0 Å². The molecule has 3 rings (SSSR count). The smallest absolute Gasteiger partial charge is 0.154 e. The summed E-state index contributed by atoms with van der Waals surface area (Å²) in [5.41, 5.74) is 0.564. The third kappa shape index (κ3) is 2.84. The zero-order valence-electron chi connectivity index (χ0n) is 11.1. The second-order valence-corrected chi connectivity index (χ2v) is 5.92. The first-order chi connectivity index (χ1) is 10.2. The number of fused-ring (bicyclic) bond motifs is 1. The van der Waals surface area contributed by atoms with Gasteiger partial charge in [-0.2, -0.15) is 0 Å². The number of rotatable bonds is 3. The minimum atomic E-state index is 0.564. The van der Waals surface area contributed by atoms with E-state index in [0.717, 1.165) is 15.0 Å². The van der Waals surface area contributed by atoms with Crippen molar-refractivity contribution >= 4 is 38.7 Å². The minimum absolute atomic E-state index is 0.564. The van der Waals surface area contributed by atoms with E-state index in [1.54, 1.807) is 43.6 Å². The van der Waals surface area contributed by atoms with Crippen molar-refractivity contribution < 1.29 is 9.94 Å². The quantitative estimate of drug-likeness (QED) is 0.423. The number of hydrogen-bond acceptors (Lipinski definition) is 5. The van der Waals surface area contributed by atoms with Gasteiger partial charge in [-0.25, -0.2) is 0 Å². The van der Waals surface area contributed by atoms with Gasteiger partial charge in [0.15, 0.2) is 5.75 Å². The molecule has 0 bridgehead atoms. The summed E-state index contributed by atoms with van der Waals surface area (Å²) in [7, 11) is 0. The molecule has 0 fully saturated rings. The third-order valence-electron chi connectivity index (χ3n) is 2.96. The van der Waals surface area contributed by atoms with Crippen LogP contribution in [0.2, 0.25) is 5.02 Å². The highest BCUT2D eigenvalue weighted by molar-refractivity contribution is 7.20. The van der Waals surface area contributed by atoms with Gasteiger partial charge in [0.05, 0.1) is 21.5 Å². The summed E-state index contributed by atoms with van der Waals surface area (Å²) >= 11 is 7.36. The van der Waals surface area contributed by atoms with Crippen LogP contribution in [0.3, 0.4) is 0 Å². The van der Waals surface area contributed by atoms with Crippen LogP contribution in [0.25, 0.3) is 10.1 Å². The summed E-state index contributed by atoms with van der Waals surface area (Å²) < 4.78 is 6.83. The highest BCUT2D eigenvalue weighted by Crippen LogP contribution is 2.34. The number of oxime groups is 1. The predicted molar refractivity (Wildman–Crippen MR) is 85.1 cm³/mol. The van der Waals surface area contributed by atoms with E-state index in [1.165, 1.54) is 11.3 Å². The molecule has 2 aromatic heterocycles. The molecule has 3 aromatic rings. The van der Waals surface area contributed by atoms with Crippen molar-refractivity contribution in [2.24, 2.45) is 5.16 Å². The second-order valence-electron chi connectivity index (χ2n) is 4.40. The molecule has 0 spiro atoms. The van der Waals surface area contributed by atoms with E-state index in [-0.39, 0.29) is 0 Å². The minimum Gasteiger partial charge on any atom is -0.455 e. The zero-order chi connectivity index (χ0) is 14.8. The SMILES string of the molecule is C/C(=N\O)c1cc2c(Oc3ccc(Cl)cc3)cncc2s1. The first-order valence-corrected chi connectivity index (χ1v) is 7.37. The van der Waals surface area contributed by atoms with Gasteiger partial charge in [0.25, 0.3) is 0 Å². The lowest BCUT2D eigenvalue weighted by atomic mass is 10.2. The topological polar surface area (TPSA) is 54.7 Å². The molecule has 0 aliphatic carbocycles. The summed E-state index contributed by atoms with van der Waals surface area (Å²) in [5, 5.41) is 13.7. The van der Waals surface area contributed by atoms with Gasteiger partial charge in [-0.15, -0.1) is 11.3 Å². The van der Waals surface area contributed by atoms with Gasteiger partial charge in [0.1, 0.15) is 5.75 Å². The molecule has 21 heavy (non-hydrogen) atoms. The van der Waals surface area contributed by atoms with Crippen LogP contribution in [0.1, 0.15) is 11.8 Å². The lowest BCUT2D eigenvalue weighted by Gasteiger charge is -2.06. The largest absolute Gasteiger partial charge is 0.455 e. The van der Waals surface area contributed by atoms with Crippen molar-refractivity contribution in [1.82, 2.24) is 4.98 Å². The van der Waals surface area contributed by atoms with Gasteiger partial charge in [-0.1, -0.05) is 16.8 Å². The number of aromatic nitrogens is 1. The average molecular weight is 319 g/mol. The van der Waals surface area contributed by atoms with Crippen molar-refractivity contribution in [2.75, 3.05) is 0 Å². The summed E-state index contributed by atoms with van der Waals surface area (Å²) in [6.45, 7) is 1.75. The lowest BCUT2D eigenvalue weighted by molar-refractivity contribution is 0.319. The first kappa shape index (κ1) is 13.9. The maximum atomic E-state index is 8.88. The molecular formula is C15H11ClN2O2S. The van der Waals surface area contributed by atoms with Crippen LogP contribution < -0.4 is 4.74 Å². The van der Waals surface area contributed by atoms with E-state index in [0.29, 0.717) is 22.2 Å². The zero-order valence-corrected chi connectivity index (χ0v) is 12.6. The van der Waals surface area contributed by atoms with E-state index in [1.807, 2.05) is 6.07 Å². The van der Waals surface area contributed by atoms with Crippen LogP contribution in [0, 0.1) is 0 Å². The Bertz CT molecular complexity index is 812. The molecule has 1 N–H and O–H groups in total. The van der Waals surface area contributed by atoms with Crippen LogP contribution in [0.15, 0.2) is 47.9 Å². The summed E-state index contributed by atoms with van der Waals surface area (Å²) in [4.78, 5) is 5.06. The van der Waals surface area contributed by atoms with Gasteiger partial charge in [0, 0.05) is 16.6 Å². The second kappa shape index (κ2) is 5.71. The van der Waals surface area contributed by atoms with Crippen LogP contribution in [-0.2, 0) is 0 Å². The van der Waals surface area contributed by atoms with E-state index in [4.69, 9.17) is 21.5 Å². The van der Waals surface area contributed by atoms with Crippen molar-refractivity contribution in [3.63, 3.8) is 0 Å². The van der Waals surface area contributed by atoms with Gasteiger partial charge >= 0.3 is 0 Å². The Labute approximate surface area is 130 Å². The average Bonchev–Trinajstić information content (AvgIpc) is 2.94. The van der Waals surface area contributed by atoms with Crippen LogP contribution in [-0.4, -0.2) is 15.9 Å². The standard InChI is InChI=1S/C15H11ClN2O2S/c1-9(18-19)14-6-12-13(7-17-8-15(12)21-14)20-11-4-2-10(16)3-5-11/h2-8,19H,1H3/b18-9+. The summed E-state index contributed by atoms with van der Waals surface area (Å²) in [6, 6.07) is 9.07. The number of hydrogen-bond donors (Lipinski definition) is 1. The Hall–Kier alpha value is -2.11. The fourth-order valence-corrected chi connectivity index (χ4v) is 2.99. The van der Waals surface area contributed by atoms with Gasteiger partial charge in [0.2, 0.25) is 0 Å². The van der Waals surface area contributed by atoms with Crippen LogP contribution in [0.4, 0.5) is 0 Å². The molecule has 2 heterocycles. The highest BCUT2D eigenvalue weighted by atomic mass is 35.5. The van der Waals surface area contributed by atoms with Gasteiger partial charge in [-0.05, 0) is 37.3 Å². The number of benzene rings is 1. The summed E-state index contributed by atoms with van der Waals surface area (Å²) in [5.74, 6) is 1.34. The third-order valence-corrected chi connectivity index (χ3v) is 4.39. The summed E-state index contributed by atoms with van der Waals surface area (Å²) in [6.07, 6.45) is 3.43. The molecule has 0 unspecified atom stereocenters. The Balaban J connectivity index is 2.02. The van der Waals surface area contributed by atoms with Crippen molar-refractivity contribution in [1.29, 1.82) is 0 Å². The number of thiophene rings is 1. The first-order valence-electron chi connectivity index (χ1n) is 6.17. The normalized spacial score (nSPS) is 11.8. The molecule has 0 saturated heterocycles. The Morgan fingerprint density at radius 2 is 2.05 bits per heavy atom. The molecular weight excluding hydrogens is 308 g/mol. The number of pyridine rings is 1. The molecule has 0 saturated carbocycles. The molecule has 0 amide bonds. The van der Waals surface area contributed by atoms with Gasteiger partial charge < -0.3 is 9.94 Å². The van der Waals surface area contributed by atoms with Gasteiger partial charge in [-0.3, -0.25) is 4.98 Å². The van der Waals surface area contributed by atoms with Crippen LogP contribution in [0.5, 0.6) is 11.5 Å². The fraction of sp³-hybridized carbons (Fsp3) is 0.0667. The monoisotopic (exact) mass is 318 g/mol. The van der Waals surface area contributed by atoms with E-state index in [9.17, 15) is 0 Å². The fourth-order valence-electron chi connectivity index (χ4n) is 1.87. The number of halogens is 1. The molecule has 1 aromatic carbocycles. The molecule has 0 aliphatic heterocycles. The Morgan fingerprint density at radius 3 is 2.76 bits per heavy atom. The highest BCUT2D eigenvalue weighted by Gasteiger charge is 2.10. The van der Waals surface area contributed by atoms with E-state index >= 15 is 0 Å². The molecule has 0 aliphatic rings. The maximum Gasteiger partial charge on any atom is 0.154 e. The van der Waals surface area contributed by atoms with Crippen molar-refractivity contribution in [3.8, 4) is 11.5 Å². The van der Waals surface area contributed by atoms with Crippen molar-refractivity contribution in [2.45, 2.75) is 6.92 Å². The Morgan fingerprint density at radius 1 is 1.29 bits per heavy atom. The molecule has 0 atom stereocenters. The van der Waals surface area contributed by atoms with Crippen molar-refractivity contribution in [3.05, 3.63) is 52.6 Å². The predicted octanol–water partition coefficient (Wildman–Crippen LogP) is 4.94. The number of ether oxygens (including phenoxy) is 1. The lowest BCUT2D eigenvalue weighted by Crippen LogP contribution is -1.88. The van der Waals surface area contributed by atoms with E-state index in [2.05, 4.69) is 10.1 Å².